The summed E-state index contributed by atoms with van der Waals surface area (Å²) in [6, 6.07) is 16.6. The number of rotatable bonds is 5. The molecule has 0 aliphatic heterocycles. The molecule has 0 spiro atoms. The summed E-state index contributed by atoms with van der Waals surface area (Å²) in [6.07, 6.45) is 0.965. The van der Waals surface area contributed by atoms with E-state index in [0.29, 0.717) is 0 Å². The number of nitrogens with zero attached hydrogens (tertiary/aromatic N) is 2. The third-order valence-electron chi connectivity index (χ3n) is 4.96. The minimum atomic E-state index is -4.40. The Morgan fingerprint density at radius 3 is 2.00 bits per heavy atom. The van der Waals surface area contributed by atoms with Crippen LogP contribution in [0.2, 0.25) is 0 Å². The fourth-order valence-electron chi connectivity index (χ4n) is 3.07. The van der Waals surface area contributed by atoms with Crippen molar-refractivity contribution < 1.29 is 12.6 Å². The Hall–Kier alpha value is -3.13. The second kappa shape index (κ2) is 7.36. The number of hydrogen-bond donors (Lipinski definition) is 0. The molecule has 1 aromatic heterocycles. The highest BCUT2D eigenvalue weighted by Gasteiger charge is 2.25. The predicted octanol–water partition coefficient (Wildman–Crippen LogP) is 2.18. The molecule has 1 heterocycles. The van der Waals surface area contributed by atoms with E-state index in [9.17, 15) is 18.0 Å². The zero-order valence-corrected chi connectivity index (χ0v) is 17.4. The van der Waals surface area contributed by atoms with Gasteiger partial charge in [0, 0.05) is 25.7 Å². The molecule has 2 aromatic carbocycles. The molecule has 0 fully saturated rings. The minimum absolute atomic E-state index is 0.0773. The maximum Gasteiger partial charge on any atom is 0.346 e. The number of benzene rings is 2. The lowest BCUT2D eigenvalue weighted by Gasteiger charge is -2.26. The molecule has 0 N–H and O–H groups in total. The molecule has 0 aliphatic carbocycles. The van der Waals surface area contributed by atoms with Gasteiger partial charge in [0.1, 0.15) is 5.75 Å². The van der Waals surface area contributed by atoms with Crippen molar-refractivity contribution in [2.75, 3.05) is 0 Å². The number of aryl methyl sites for hydroxylation is 1. The summed E-state index contributed by atoms with van der Waals surface area (Å²) in [5.74, 6) is 0.0773. The highest BCUT2D eigenvalue weighted by molar-refractivity contribution is 7.87. The Bertz CT molecular complexity index is 1260. The summed E-state index contributed by atoms with van der Waals surface area (Å²) in [7, 11) is -1.82. The first-order valence-corrected chi connectivity index (χ1v) is 10.3. The van der Waals surface area contributed by atoms with Crippen LogP contribution in [-0.2, 0) is 29.6 Å². The maximum atomic E-state index is 12.6. The van der Waals surface area contributed by atoms with Crippen molar-refractivity contribution in [1.82, 2.24) is 9.13 Å². The van der Waals surface area contributed by atoms with Crippen LogP contribution in [-0.4, -0.2) is 17.6 Å². The van der Waals surface area contributed by atoms with Gasteiger partial charge in [-0.1, -0.05) is 56.3 Å². The quantitative estimate of drug-likeness (QED) is 0.597. The molecular weight excluding hydrogens is 392 g/mol. The van der Waals surface area contributed by atoms with Gasteiger partial charge in [0.05, 0.1) is 0 Å². The van der Waals surface area contributed by atoms with Crippen LogP contribution < -0.4 is 15.4 Å². The van der Waals surface area contributed by atoms with Gasteiger partial charge in [0.2, 0.25) is 0 Å². The zero-order valence-electron chi connectivity index (χ0n) is 16.6. The summed E-state index contributed by atoms with van der Waals surface area (Å²) in [4.78, 5) is 23.4. The van der Waals surface area contributed by atoms with Crippen molar-refractivity contribution in [2.24, 2.45) is 14.1 Å². The largest absolute Gasteiger partial charge is 0.379 e. The molecule has 0 atom stereocenters. The Balaban J connectivity index is 1.92. The third kappa shape index (κ3) is 3.88. The Labute approximate surface area is 169 Å². The standard InChI is InChI=1S/C21H22N2O5S/c1-21(2,15-8-6-5-7-9-15)16-10-12-17(13-11-16)28-29(26,27)18-14-22(3)20(25)23(4)19(18)24/h5-14H,1-4H3. The van der Waals surface area contributed by atoms with Crippen molar-refractivity contribution in [3.05, 3.63) is 92.8 Å². The van der Waals surface area contributed by atoms with Crippen molar-refractivity contribution in [2.45, 2.75) is 24.2 Å². The van der Waals surface area contributed by atoms with E-state index >= 15 is 0 Å². The molecule has 0 amide bonds. The topological polar surface area (TPSA) is 87.4 Å². The van der Waals surface area contributed by atoms with E-state index in [4.69, 9.17) is 4.18 Å². The van der Waals surface area contributed by atoms with E-state index in [0.717, 1.165) is 26.5 Å². The van der Waals surface area contributed by atoms with Gasteiger partial charge in [-0.2, -0.15) is 8.42 Å². The van der Waals surface area contributed by atoms with Gasteiger partial charge >= 0.3 is 15.8 Å². The number of hydrogen-bond acceptors (Lipinski definition) is 5. The lowest BCUT2D eigenvalue weighted by Crippen LogP contribution is -2.39. The van der Waals surface area contributed by atoms with Crippen LogP contribution in [0.5, 0.6) is 5.75 Å². The Morgan fingerprint density at radius 1 is 0.862 bits per heavy atom. The van der Waals surface area contributed by atoms with Crippen molar-refractivity contribution in [1.29, 1.82) is 0 Å². The lowest BCUT2D eigenvalue weighted by atomic mass is 9.78. The van der Waals surface area contributed by atoms with Crippen molar-refractivity contribution in [3.63, 3.8) is 0 Å². The molecule has 3 rings (SSSR count). The zero-order chi connectivity index (χ0) is 21.4. The van der Waals surface area contributed by atoms with Crippen LogP contribution >= 0.6 is 0 Å². The highest BCUT2D eigenvalue weighted by Crippen LogP contribution is 2.32. The highest BCUT2D eigenvalue weighted by atomic mass is 32.2. The van der Waals surface area contributed by atoms with Gasteiger partial charge in [-0.05, 0) is 23.3 Å². The molecule has 0 saturated carbocycles. The lowest BCUT2D eigenvalue weighted by molar-refractivity contribution is 0.480. The summed E-state index contributed by atoms with van der Waals surface area (Å²) < 4.78 is 32.1. The van der Waals surface area contributed by atoms with E-state index in [-0.39, 0.29) is 11.2 Å². The molecule has 29 heavy (non-hydrogen) atoms. The van der Waals surface area contributed by atoms with Crippen LogP contribution in [0, 0.1) is 0 Å². The van der Waals surface area contributed by atoms with Gasteiger partial charge in [-0.3, -0.25) is 9.36 Å². The number of aromatic nitrogens is 2. The molecule has 0 saturated heterocycles. The second-order valence-electron chi connectivity index (χ2n) is 7.30. The predicted molar refractivity (Wildman–Crippen MR) is 110 cm³/mol. The second-order valence-corrected chi connectivity index (χ2v) is 8.82. The van der Waals surface area contributed by atoms with E-state index in [1.54, 1.807) is 24.3 Å². The molecule has 0 unspecified atom stereocenters. The maximum absolute atomic E-state index is 12.6. The smallest absolute Gasteiger partial charge is 0.346 e. The van der Waals surface area contributed by atoms with Crippen LogP contribution in [0.3, 0.4) is 0 Å². The first kappa shape index (κ1) is 20.6. The van der Waals surface area contributed by atoms with Gasteiger partial charge in [-0.15, -0.1) is 0 Å². The molecule has 0 aliphatic rings. The monoisotopic (exact) mass is 414 g/mol. The van der Waals surface area contributed by atoms with Gasteiger partial charge in [-0.25, -0.2) is 4.79 Å². The molecule has 3 aromatic rings. The SMILES string of the molecule is Cn1cc(S(=O)(=O)Oc2ccc(C(C)(C)c3ccccc3)cc2)c(=O)n(C)c1=O. The Morgan fingerprint density at radius 2 is 1.41 bits per heavy atom. The first-order valence-electron chi connectivity index (χ1n) is 8.91. The molecule has 0 radical (unpaired) electrons. The van der Waals surface area contributed by atoms with E-state index in [1.807, 2.05) is 30.3 Å². The summed E-state index contributed by atoms with van der Waals surface area (Å²) in [5.41, 5.74) is 0.254. The van der Waals surface area contributed by atoms with Gasteiger partial charge in [0.15, 0.2) is 4.90 Å². The molecular formula is C21H22N2O5S. The van der Waals surface area contributed by atoms with Crippen LogP contribution in [0.4, 0.5) is 0 Å². The molecule has 8 heteroatoms. The van der Waals surface area contributed by atoms with Crippen molar-refractivity contribution in [3.8, 4) is 5.75 Å². The first-order chi connectivity index (χ1) is 13.5. The van der Waals surface area contributed by atoms with Crippen LogP contribution in [0.25, 0.3) is 0 Å². The van der Waals surface area contributed by atoms with Gasteiger partial charge in [0.25, 0.3) is 5.56 Å². The Kier molecular flexibility index (Phi) is 5.23. The average Bonchev–Trinajstić information content (AvgIpc) is 2.69. The summed E-state index contributed by atoms with van der Waals surface area (Å²) >= 11 is 0. The minimum Gasteiger partial charge on any atom is -0.379 e. The van der Waals surface area contributed by atoms with Gasteiger partial charge < -0.3 is 8.75 Å². The van der Waals surface area contributed by atoms with E-state index in [1.165, 1.54) is 14.1 Å². The third-order valence-corrected chi connectivity index (χ3v) is 6.19. The fourth-order valence-corrected chi connectivity index (χ4v) is 4.16. The molecule has 0 bridgehead atoms. The normalized spacial score (nSPS) is 12.0. The van der Waals surface area contributed by atoms with Crippen LogP contribution in [0.15, 0.2) is 75.3 Å². The average molecular weight is 414 g/mol. The van der Waals surface area contributed by atoms with E-state index in [2.05, 4.69) is 13.8 Å². The summed E-state index contributed by atoms with van der Waals surface area (Å²) in [5, 5.41) is 0. The van der Waals surface area contributed by atoms with E-state index < -0.39 is 26.3 Å². The van der Waals surface area contributed by atoms with Crippen molar-refractivity contribution >= 4 is 10.1 Å². The molecule has 152 valence electrons. The van der Waals surface area contributed by atoms with Crippen LogP contribution in [0.1, 0.15) is 25.0 Å². The molecule has 7 nitrogen and oxygen atoms in total. The fraction of sp³-hybridized carbons (Fsp3) is 0.238. The summed E-state index contributed by atoms with van der Waals surface area (Å²) in [6.45, 7) is 4.15.